The first-order valence-corrected chi connectivity index (χ1v) is 5.98. The van der Waals surface area contributed by atoms with Crippen LogP contribution in [0.5, 0.6) is 0 Å². The molecule has 0 atom stereocenters. The van der Waals surface area contributed by atoms with Gasteiger partial charge in [-0.05, 0) is 12.1 Å². The number of rotatable bonds is 2. The summed E-state index contributed by atoms with van der Waals surface area (Å²) in [6, 6.07) is 4.52. The fourth-order valence-electron chi connectivity index (χ4n) is 1.70. The van der Waals surface area contributed by atoms with Crippen LogP contribution >= 0.6 is 11.6 Å². The van der Waals surface area contributed by atoms with E-state index in [1.165, 1.54) is 18.2 Å². The topological polar surface area (TPSA) is 29.4 Å². The van der Waals surface area contributed by atoms with E-state index in [-0.39, 0.29) is 18.1 Å². The minimum Gasteiger partial charge on any atom is -0.294 e. The van der Waals surface area contributed by atoms with Crippen LogP contribution in [0.25, 0.3) is 5.70 Å². The number of alkyl halides is 4. The second kappa shape index (κ2) is 5.17. The summed E-state index contributed by atoms with van der Waals surface area (Å²) in [6.45, 7) is 0. The molecule has 1 aliphatic heterocycles. The van der Waals surface area contributed by atoms with Gasteiger partial charge in [0.15, 0.2) is 5.78 Å². The van der Waals surface area contributed by atoms with Crippen molar-refractivity contribution in [2.75, 3.05) is 5.88 Å². The van der Waals surface area contributed by atoms with Crippen LogP contribution in [0.2, 0.25) is 0 Å². The smallest absolute Gasteiger partial charge is 0.294 e. The Balaban J connectivity index is 2.33. The number of benzene rings is 1. The number of hydrogen-bond acceptors (Lipinski definition) is 2. The normalized spacial score (nSPS) is 16.1. The van der Waals surface area contributed by atoms with Crippen molar-refractivity contribution in [1.82, 2.24) is 0 Å². The van der Waals surface area contributed by atoms with Crippen LogP contribution in [-0.4, -0.2) is 17.4 Å². The zero-order chi connectivity index (χ0) is 14.0. The fraction of sp³-hybridized carbons (Fsp3) is 0.231. The van der Waals surface area contributed by atoms with Crippen LogP contribution in [0.15, 0.2) is 35.3 Å². The lowest BCUT2D eigenvalue weighted by molar-refractivity contribution is -0.137. The van der Waals surface area contributed by atoms with Crippen molar-refractivity contribution in [2.24, 2.45) is 4.99 Å². The lowest BCUT2D eigenvalue weighted by atomic mass is 10.0. The molecule has 0 spiro atoms. The van der Waals surface area contributed by atoms with E-state index in [0.717, 1.165) is 12.1 Å². The van der Waals surface area contributed by atoms with Crippen LogP contribution in [0, 0.1) is 0 Å². The highest BCUT2D eigenvalue weighted by molar-refractivity contribution is 6.32. The molecule has 2 nitrogen and oxygen atoms in total. The molecule has 1 heterocycles. The second-order valence-electron chi connectivity index (χ2n) is 4.06. The van der Waals surface area contributed by atoms with E-state index in [2.05, 4.69) is 4.99 Å². The van der Waals surface area contributed by atoms with Gasteiger partial charge in [0.05, 0.1) is 23.6 Å². The van der Waals surface area contributed by atoms with E-state index in [1.807, 2.05) is 0 Å². The third-order valence-corrected chi connectivity index (χ3v) is 2.93. The maximum absolute atomic E-state index is 12.4. The number of hydrogen-bond donors (Lipinski definition) is 0. The standard InChI is InChI=1S/C13H9ClF3NO/c14-7-10-5-11(19)6-12(18-10)8-1-3-9(4-2-8)13(15,16)17/h1-4,6H,5,7H2. The number of nitrogens with zero attached hydrogens (tertiary/aromatic N) is 1. The Morgan fingerprint density at radius 3 is 2.37 bits per heavy atom. The fourth-order valence-corrected chi connectivity index (χ4v) is 1.86. The molecule has 0 aromatic heterocycles. The first kappa shape index (κ1) is 13.8. The molecular weight excluding hydrogens is 279 g/mol. The van der Waals surface area contributed by atoms with Gasteiger partial charge < -0.3 is 0 Å². The molecule has 1 aromatic rings. The molecule has 0 N–H and O–H groups in total. The van der Waals surface area contributed by atoms with Crippen molar-refractivity contribution in [3.63, 3.8) is 0 Å². The van der Waals surface area contributed by atoms with Gasteiger partial charge in [-0.15, -0.1) is 11.6 Å². The molecule has 19 heavy (non-hydrogen) atoms. The highest BCUT2D eigenvalue weighted by atomic mass is 35.5. The average molecular weight is 288 g/mol. The number of carbonyl (C=O) groups is 1. The zero-order valence-corrected chi connectivity index (χ0v) is 10.4. The third-order valence-electron chi connectivity index (χ3n) is 2.62. The maximum Gasteiger partial charge on any atom is 0.416 e. The van der Waals surface area contributed by atoms with Crippen LogP contribution in [0.3, 0.4) is 0 Å². The third kappa shape index (κ3) is 3.23. The Morgan fingerprint density at radius 2 is 1.84 bits per heavy atom. The molecule has 1 aliphatic rings. The predicted molar refractivity (Wildman–Crippen MR) is 67.2 cm³/mol. The Kier molecular flexibility index (Phi) is 3.75. The summed E-state index contributed by atoms with van der Waals surface area (Å²) in [5.41, 5.74) is 0.592. The molecule has 0 bridgehead atoms. The van der Waals surface area contributed by atoms with Gasteiger partial charge in [0.1, 0.15) is 0 Å². The molecule has 1 aromatic carbocycles. The predicted octanol–water partition coefficient (Wildman–Crippen LogP) is 3.70. The molecule has 0 amide bonds. The van der Waals surface area contributed by atoms with E-state index in [0.29, 0.717) is 17.0 Å². The van der Waals surface area contributed by atoms with E-state index < -0.39 is 11.7 Å². The average Bonchev–Trinajstić information content (AvgIpc) is 2.37. The van der Waals surface area contributed by atoms with Crippen molar-refractivity contribution >= 4 is 28.8 Å². The summed E-state index contributed by atoms with van der Waals surface area (Å²) < 4.78 is 37.3. The van der Waals surface area contributed by atoms with Crippen LogP contribution < -0.4 is 0 Å². The zero-order valence-electron chi connectivity index (χ0n) is 9.67. The maximum atomic E-state index is 12.4. The molecule has 0 aliphatic carbocycles. The molecule has 2 rings (SSSR count). The lowest BCUT2D eigenvalue weighted by Crippen LogP contribution is -2.12. The van der Waals surface area contributed by atoms with Crippen molar-refractivity contribution in [1.29, 1.82) is 0 Å². The first-order valence-electron chi connectivity index (χ1n) is 5.44. The Bertz CT molecular complexity index is 558. The van der Waals surface area contributed by atoms with Crippen LogP contribution in [-0.2, 0) is 11.0 Å². The molecule has 0 saturated heterocycles. The van der Waals surface area contributed by atoms with Gasteiger partial charge in [-0.3, -0.25) is 9.79 Å². The van der Waals surface area contributed by atoms with Crippen LogP contribution in [0.4, 0.5) is 13.2 Å². The molecule has 0 radical (unpaired) electrons. The van der Waals surface area contributed by atoms with E-state index in [4.69, 9.17) is 11.6 Å². The summed E-state index contributed by atoms with van der Waals surface area (Å²) in [7, 11) is 0. The molecule has 0 fully saturated rings. The summed E-state index contributed by atoms with van der Waals surface area (Å²) >= 11 is 5.62. The summed E-state index contributed by atoms with van der Waals surface area (Å²) in [5, 5.41) is 0. The van der Waals surface area contributed by atoms with Gasteiger partial charge in [0, 0.05) is 17.4 Å². The van der Waals surface area contributed by atoms with Crippen LogP contribution in [0.1, 0.15) is 17.5 Å². The highest BCUT2D eigenvalue weighted by Gasteiger charge is 2.30. The van der Waals surface area contributed by atoms with Crippen molar-refractivity contribution < 1.29 is 18.0 Å². The molecular formula is C13H9ClF3NO. The van der Waals surface area contributed by atoms with E-state index >= 15 is 0 Å². The lowest BCUT2D eigenvalue weighted by Gasteiger charge is -2.12. The van der Waals surface area contributed by atoms with Gasteiger partial charge in [0.25, 0.3) is 0 Å². The summed E-state index contributed by atoms with van der Waals surface area (Å²) in [6.07, 6.45) is -2.90. The van der Waals surface area contributed by atoms with E-state index in [9.17, 15) is 18.0 Å². The Labute approximate surface area is 112 Å². The highest BCUT2D eigenvalue weighted by Crippen LogP contribution is 2.30. The van der Waals surface area contributed by atoms with Crippen molar-refractivity contribution in [3.8, 4) is 0 Å². The Hall–Kier alpha value is -1.62. The van der Waals surface area contributed by atoms with Gasteiger partial charge >= 0.3 is 6.18 Å². The largest absolute Gasteiger partial charge is 0.416 e. The number of allylic oxidation sites excluding steroid dienone is 1. The molecule has 100 valence electrons. The summed E-state index contributed by atoms with van der Waals surface area (Å²) in [5.74, 6) is -0.0236. The van der Waals surface area contributed by atoms with E-state index in [1.54, 1.807) is 0 Å². The summed E-state index contributed by atoms with van der Waals surface area (Å²) in [4.78, 5) is 15.6. The number of halogens is 4. The molecule has 6 heteroatoms. The number of aliphatic imine (C=N–C) groups is 1. The monoisotopic (exact) mass is 287 g/mol. The number of ketones is 1. The molecule has 0 saturated carbocycles. The number of carbonyl (C=O) groups excluding carboxylic acids is 1. The SMILES string of the molecule is O=C1C=C(c2ccc(C(F)(F)F)cc2)N=C(CCl)C1. The quantitative estimate of drug-likeness (QED) is 0.763. The minimum atomic E-state index is -4.38. The van der Waals surface area contributed by atoms with Crippen molar-refractivity contribution in [2.45, 2.75) is 12.6 Å². The molecule has 0 unspecified atom stereocenters. The van der Waals surface area contributed by atoms with Gasteiger partial charge in [0.2, 0.25) is 0 Å². The van der Waals surface area contributed by atoms with Gasteiger partial charge in [-0.2, -0.15) is 13.2 Å². The van der Waals surface area contributed by atoms with Gasteiger partial charge in [-0.25, -0.2) is 0 Å². The second-order valence-corrected chi connectivity index (χ2v) is 4.33. The first-order chi connectivity index (χ1) is 8.90. The van der Waals surface area contributed by atoms with Gasteiger partial charge in [-0.1, -0.05) is 12.1 Å². The van der Waals surface area contributed by atoms with Crippen molar-refractivity contribution in [3.05, 3.63) is 41.5 Å². The Morgan fingerprint density at radius 1 is 1.21 bits per heavy atom. The minimum absolute atomic E-state index is 0.129.